The number of benzene rings is 1. The topological polar surface area (TPSA) is 38.3 Å². The average Bonchev–Trinajstić information content (AvgIpc) is 2.35. The van der Waals surface area contributed by atoms with Crippen molar-refractivity contribution in [3.63, 3.8) is 0 Å². The molecule has 1 N–H and O–H groups in total. The summed E-state index contributed by atoms with van der Waals surface area (Å²) in [4.78, 5) is 11.9. The van der Waals surface area contributed by atoms with Gasteiger partial charge in [0.1, 0.15) is 5.75 Å². The smallest absolute Gasteiger partial charge is 0.255 e. The van der Waals surface area contributed by atoms with Gasteiger partial charge in [0.15, 0.2) is 0 Å². The predicted octanol–water partition coefficient (Wildman–Crippen LogP) is 2.60. The maximum absolute atomic E-state index is 11.9. The number of alkyl halides is 1. The first-order valence-corrected chi connectivity index (χ1v) is 6.34. The molecule has 88 valence electrons. The summed E-state index contributed by atoms with van der Waals surface area (Å²) >= 11 is 3.37. The molecule has 3 nitrogen and oxygen atoms in total. The van der Waals surface area contributed by atoms with Crippen LogP contribution in [-0.2, 0) is 0 Å². The Labute approximate surface area is 104 Å². The van der Waals surface area contributed by atoms with Gasteiger partial charge in [-0.3, -0.25) is 4.79 Å². The van der Waals surface area contributed by atoms with Crippen molar-refractivity contribution in [1.82, 2.24) is 5.32 Å². The molecule has 0 radical (unpaired) electrons. The fourth-order valence-electron chi connectivity index (χ4n) is 1.35. The Morgan fingerprint density at radius 3 is 2.75 bits per heavy atom. The fraction of sp³-hybridized carbons (Fsp3) is 0.417. The second kappa shape index (κ2) is 6.53. The van der Waals surface area contributed by atoms with Crippen LogP contribution in [0.25, 0.3) is 0 Å². The van der Waals surface area contributed by atoms with Crippen molar-refractivity contribution in [2.75, 3.05) is 12.4 Å². The third kappa shape index (κ3) is 3.23. The van der Waals surface area contributed by atoms with E-state index in [4.69, 9.17) is 4.74 Å². The van der Waals surface area contributed by atoms with E-state index >= 15 is 0 Å². The van der Waals surface area contributed by atoms with Gasteiger partial charge in [-0.1, -0.05) is 35.0 Å². The SMILES string of the molecule is CCC(CBr)NC(=O)c1ccccc1OC. The first-order valence-electron chi connectivity index (χ1n) is 5.22. The third-order valence-corrected chi connectivity index (χ3v) is 3.15. The van der Waals surface area contributed by atoms with Crippen molar-refractivity contribution in [2.45, 2.75) is 19.4 Å². The molecule has 0 bridgehead atoms. The Kier molecular flexibility index (Phi) is 5.32. The van der Waals surface area contributed by atoms with Crippen LogP contribution in [0, 0.1) is 0 Å². The molecule has 0 aliphatic heterocycles. The van der Waals surface area contributed by atoms with Gasteiger partial charge in [0.25, 0.3) is 5.91 Å². The zero-order valence-electron chi connectivity index (χ0n) is 9.50. The normalized spacial score (nSPS) is 11.9. The average molecular weight is 286 g/mol. The summed E-state index contributed by atoms with van der Waals surface area (Å²) in [7, 11) is 1.56. The Hall–Kier alpha value is -1.03. The van der Waals surface area contributed by atoms with Crippen LogP contribution in [0.4, 0.5) is 0 Å². The molecular weight excluding hydrogens is 270 g/mol. The third-order valence-electron chi connectivity index (χ3n) is 2.37. The number of amides is 1. The van der Waals surface area contributed by atoms with E-state index in [1.807, 2.05) is 19.1 Å². The summed E-state index contributed by atoms with van der Waals surface area (Å²) in [6.45, 7) is 2.04. The molecule has 0 spiro atoms. The number of para-hydroxylation sites is 1. The molecule has 1 unspecified atom stereocenters. The number of carbonyl (C=O) groups excluding carboxylic acids is 1. The molecule has 0 aliphatic carbocycles. The highest BCUT2D eigenvalue weighted by atomic mass is 79.9. The van der Waals surface area contributed by atoms with Gasteiger partial charge in [-0.2, -0.15) is 0 Å². The quantitative estimate of drug-likeness (QED) is 0.845. The minimum Gasteiger partial charge on any atom is -0.496 e. The van der Waals surface area contributed by atoms with Gasteiger partial charge in [0.05, 0.1) is 12.7 Å². The monoisotopic (exact) mass is 285 g/mol. The molecular formula is C12H16BrNO2. The lowest BCUT2D eigenvalue weighted by molar-refractivity contribution is 0.0937. The largest absolute Gasteiger partial charge is 0.496 e. The minimum atomic E-state index is -0.0937. The van der Waals surface area contributed by atoms with Crippen LogP contribution in [0.5, 0.6) is 5.75 Å². The van der Waals surface area contributed by atoms with Crippen LogP contribution in [-0.4, -0.2) is 24.4 Å². The first-order chi connectivity index (χ1) is 7.72. The first kappa shape index (κ1) is 13.0. The summed E-state index contributed by atoms with van der Waals surface area (Å²) in [5.74, 6) is 0.508. The molecule has 0 fully saturated rings. The van der Waals surface area contributed by atoms with E-state index in [0.717, 1.165) is 11.8 Å². The van der Waals surface area contributed by atoms with Crippen molar-refractivity contribution in [3.05, 3.63) is 29.8 Å². The Morgan fingerprint density at radius 1 is 1.50 bits per heavy atom. The van der Waals surface area contributed by atoms with E-state index in [1.54, 1.807) is 19.2 Å². The van der Waals surface area contributed by atoms with E-state index in [0.29, 0.717) is 11.3 Å². The summed E-state index contributed by atoms with van der Waals surface area (Å²) in [5.41, 5.74) is 0.574. The second-order valence-electron chi connectivity index (χ2n) is 3.43. The number of carbonyl (C=O) groups is 1. The molecule has 16 heavy (non-hydrogen) atoms. The molecule has 0 saturated heterocycles. The number of nitrogens with one attached hydrogen (secondary N) is 1. The second-order valence-corrected chi connectivity index (χ2v) is 4.08. The van der Waals surface area contributed by atoms with Gasteiger partial charge in [-0.05, 0) is 18.6 Å². The zero-order chi connectivity index (χ0) is 12.0. The van der Waals surface area contributed by atoms with Gasteiger partial charge >= 0.3 is 0 Å². The fourth-order valence-corrected chi connectivity index (χ4v) is 1.96. The van der Waals surface area contributed by atoms with Crippen molar-refractivity contribution in [2.24, 2.45) is 0 Å². The van der Waals surface area contributed by atoms with Crippen molar-refractivity contribution in [1.29, 1.82) is 0 Å². The van der Waals surface area contributed by atoms with E-state index in [2.05, 4.69) is 21.2 Å². The molecule has 0 aliphatic rings. The summed E-state index contributed by atoms with van der Waals surface area (Å²) < 4.78 is 5.14. The number of hydrogen-bond acceptors (Lipinski definition) is 2. The van der Waals surface area contributed by atoms with Gasteiger partial charge in [-0.25, -0.2) is 0 Å². The zero-order valence-corrected chi connectivity index (χ0v) is 11.1. The number of ether oxygens (including phenoxy) is 1. The highest BCUT2D eigenvalue weighted by molar-refractivity contribution is 9.09. The van der Waals surface area contributed by atoms with Crippen molar-refractivity contribution in [3.8, 4) is 5.75 Å². The molecule has 0 aromatic heterocycles. The van der Waals surface area contributed by atoms with Gasteiger partial charge in [-0.15, -0.1) is 0 Å². The number of rotatable bonds is 5. The van der Waals surface area contributed by atoms with E-state index in [9.17, 15) is 4.79 Å². The van der Waals surface area contributed by atoms with Gasteiger partial charge in [0, 0.05) is 11.4 Å². The van der Waals surface area contributed by atoms with Crippen LogP contribution in [0.2, 0.25) is 0 Å². The van der Waals surface area contributed by atoms with Gasteiger partial charge in [0.2, 0.25) is 0 Å². The summed E-state index contributed by atoms with van der Waals surface area (Å²) in [6, 6.07) is 7.36. The Morgan fingerprint density at radius 2 is 2.19 bits per heavy atom. The van der Waals surface area contributed by atoms with Crippen LogP contribution in [0.15, 0.2) is 24.3 Å². The van der Waals surface area contributed by atoms with Gasteiger partial charge < -0.3 is 10.1 Å². The molecule has 0 saturated carbocycles. The highest BCUT2D eigenvalue weighted by Gasteiger charge is 2.14. The van der Waals surface area contributed by atoms with E-state index in [1.165, 1.54) is 0 Å². The van der Waals surface area contributed by atoms with Crippen molar-refractivity contribution >= 4 is 21.8 Å². The van der Waals surface area contributed by atoms with E-state index in [-0.39, 0.29) is 11.9 Å². The standard InChI is InChI=1S/C12H16BrNO2/c1-3-9(8-13)14-12(15)10-6-4-5-7-11(10)16-2/h4-7,9H,3,8H2,1-2H3,(H,14,15). The lowest BCUT2D eigenvalue weighted by Crippen LogP contribution is -2.35. The maximum Gasteiger partial charge on any atom is 0.255 e. The van der Waals surface area contributed by atoms with Crippen LogP contribution in [0.3, 0.4) is 0 Å². The molecule has 1 aromatic rings. The van der Waals surface area contributed by atoms with Crippen molar-refractivity contribution < 1.29 is 9.53 Å². The van der Waals surface area contributed by atoms with Crippen LogP contribution >= 0.6 is 15.9 Å². The Balaban J connectivity index is 2.79. The molecule has 1 amide bonds. The molecule has 0 heterocycles. The van der Waals surface area contributed by atoms with E-state index < -0.39 is 0 Å². The summed E-state index contributed by atoms with van der Waals surface area (Å²) in [6.07, 6.45) is 0.895. The number of methoxy groups -OCH3 is 1. The Bertz CT molecular complexity index is 351. The summed E-state index contributed by atoms with van der Waals surface area (Å²) in [5, 5.41) is 3.70. The molecule has 1 rings (SSSR count). The lowest BCUT2D eigenvalue weighted by atomic mass is 10.1. The number of hydrogen-bond donors (Lipinski definition) is 1. The number of halogens is 1. The molecule has 4 heteroatoms. The van der Waals surface area contributed by atoms with Crippen LogP contribution in [0.1, 0.15) is 23.7 Å². The van der Waals surface area contributed by atoms with Crippen LogP contribution < -0.4 is 10.1 Å². The molecule has 1 aromatic carbocycles. The minimum absolute atomic E-state index is 0.0937. The maximum atomic E-state index is 11.9. The predicted molar refractivity (Wildman–Crippen MR) is 68.3 cm³/mol. The lowest BCUT2D eigenvalue weighted by Gasteiger charge is -2.15. The molecule has 1 atom stereocenters. The highest BCUT2D eigenvalue weighted by Crippen LogP contribution is 2.17.